The van der Waals surface area contributed by atoms with Crippen molar-refractivity contribution >= 4 is 40.5 Å². The molecule has 4 N–H and O–H groups in total. The van der Waals surface area contributed by atoms with Crippen molar-refractivity contribution in [3.05, 3.63) is 51.1 Å². The summed E-state index contributed by atoms with van der Waals surface area (Å²) in [5.41, 5.74) is 15.2. The van der Waals surface area contributed by atoms with Gasteiger partial charge in [0.2, 0.25) is 5.95 Å². The SMILES string of the molecule is C/C(=C\Cc1c(C)nc(N)nc1N)c1ccc(Cl)c(Cl)c1. The molecule has 110 valence electrons. The highest BCUT2D eigenvalue weighted by atomic mass is 35.5. The summed E-state index contributed by atoms with van der Waals surface area (Å²) in [4.78, 5) is 8.12. The lowest BCUT2D eigenvalue weighted by molar-refractivity contribution is 1.05. The molecule has 1 aromatic heterocycles. The van der Waals surface area contributed by atoms with Crippen LogP contribution < -0.4 is 11.5 Å². The van der Waals surface area contributed by atoms with E-state index in [2.05, 4.69) is 16.0 Å². The molecule has 0 aliphatic rings. The first-order chi connectivity index (χ1) is 9.88. The Balaban J connectivity index is 2.26. The third-order valence-electron chi connectivity index (χ3n) is 3.25. The number of nitrogen functional groups attached to an aromatic ring is 2. The van der Waals surface area contributed by atoms with Crippen LogP contribution in [0.5, 0.6) is 0 Å². The summed E-state index contributed by atoms with van der Waals surface area (Å²) in [7, 11) is 0. The second-order valence-electron chi connectivity index (χ2n) is 4.75. The molecule has 0 aliphatic heterocycles. The summed E-state index contributed by atoms with van der Waals surface area (Å²) in [6.07, 6.45) is 2.68. The van der Waals surface area contributed by atoms with E-state index in [-0.39, 0.29) is 5.95 Å². The lowest BCUT2D eigenvalue weighted by Crippen LogP contribution is -2.06. The van der Waals surface area contributed by atoms with Gasteiger partial charge in [0.15, 0.2) is 0 Å². The fourth-order valence-electron chi connectivity index (χ4n) is 2.01. The molecule has 4 nitrogen and oxygen atoms in total. The predicted octanol–water partition coefficient (Wildman–Crippen LogP) is 3.90. The highest BCUT2D eigenvalue weighted by Gasteiger charge is 2.07. The third kappa shape index (κ3) is 3.65. The molecule has 6 heteroatoms. The van der Waals surface area contributed by atoms with Crippen molar-refractivity contribution in [3.63, 3.8) is 0 Å². The second kappa shape index (κ2) is 6.33. The first kappa shape index (κ1) is 15.6. The fraction of sp³-hybridized carbons (Fsp3) is 0.200. The van der Waals surface area contributed by atoms with Gasteiger partial charge in [-0.1, -0.05) is 35.3 Å². The number of hydrogen-bond acceptors (Lipinski definition) is 4. The molecule has 21 heavy (non-hydrogen) atoms. The minimum absolute atomic E-state index is 0.193. The molecule has 1 heterocycles. The van der Waals surface area contributed by atoms with Crippen molar-refractivity contribution in [2.24, 2.45) is 0 Å². The van der Waals surface area contributed by atoms with E-state index in [0.29, 0.717) is 22.3 Å². The van der Waals surface area contributed by atoms with E-state index in [1.807, 2.05) is 26.0 Å². The van der Waals surface area contributed by atoms with Crippen molar-refractivity contribution in [1.29, 1.82) is 0 Å². The van der Waals surface area contributed by atoms with Crippen molar-refractivity contribution in [2.45, 2.75) is 20.3 Å². The Labute approximate surface area is 133 Å². The van der Waals surface area contributed by atoms with Crippen LogP contribution in [0.1, 0.15) is 23.7 Å². The Morgan fingerprint density at radius 1 is 1.19 bits per heavy atom. The van der Waals surface area contributed by atoms with Crippen LogP contribution in [0, 0.1) is 6.92 Å². The van der Waals surface area contributed by atoms with Crippen LogP contribution in [0.3, 0.4) is 0 Å². The number of hydrogen-bond donors (Lipinski definition) is 2. The smallest absolute Gasteiger partial charge is 0.222 e. The van der Waals surface area contributed by atoms with E-state index in [1.165, 1.54) is 0 Å². The zero-order valence-corrected chi connectivity index (χ0v) is 13.3. The predicted molar refractivity (Wildman–Crippen MR) is 89.4 cm³/mol. The van der Waals surface area contributed by atoms with E-state index in [1.54, 1.807) is 6.07 Å². The number of allylic oxidation sites excluding steroid dienone is 2. The summed E-state index contributed by atoms with van der Waals surface area (Å²) in [5.74, 6) is 0.608. The quantitative estimate of drug-likeness (QED) is 0.898. The molecule has 0 unspecified atom stereocenters. The van der Waals surface area contributed by atoms with Gasteiger partial charge in [-0.25, -0.2) is 4.98 Å². The fourth-order valence-corrected chi connectivity index (χ4v) is 2.31. The van der Waals surface area contributed by atoms with Crippen LogP contribution >= 0.6 is 23.2 Å². The molecule has 0 atom stereocenters. The number of halogens is 2. The standard InChI is InChI=1S/C15H16Cl2N4/c1-8(10-4-6-12(16)13(17)7-10)3-5-11-9(2)20-15(19)21-14(11)18/h3-4,6-7H,5H2,1-2H3,(H4,18,19,20,21)/b8-3+. The Morgan fingerprint density at radius 3 is 2.52 bits per heavy atom. The van der Waals surface area contributed by atoms with E-state index >= 15 is 0 Å². The molecule has 0 fully saturated rings. The molecule has 0 saturated heterocycles. The number of aryl methyl sites for hydroxylation is 1. The van der Waals surface area contributed by atoms with E-state index in [0.717, 1.165) is 22.4 Å². The van der Waals surface area contributed by atoms with Crippen molar-refractivity contribution in [3.8, 4) is 0 Å². The van der Waals surface area contributed by atoms with Crippen molar-refractivity contribution in [1.82, 2.24) is 9.97 Å². The van der Waals surface area contributed by atoms with Crippen LogP contribution in [-0.4, -0.2) is 9.97 Å². The summed E-state index contributed by atoms with van der Waals surface area (Å²) in [5, 5.41) is 1.08. The molecule has 2 aromatic rings. The average Bonchev–Trinajstić information content (AvgIpc) is 2.40. The molecule has 0 saturated carbocycles. The first-order valence-electron chi connectivity index (χ1n) is 6.39. The molecular formula is C15H16Cl2N4. The Hall–Kier alpha value is -1.78. The van der Waals surface area contributed by atoms with Gasteiger partial charge in [-0.3, -0.25) is 0 Å². The highest BCUT2D eigenvalue weighted by Crippen LogP contribution is 2.26. The molecular weight excluding hydrogens is 307 g/mol. The Morgan fingerprint density at radius 2 is 1.90 bits per heavy atom. The van der Waals surface area contributed by atoms with Crippen LogP contribution in [0.2, 0.25) is 10.0 Å². The highest BCUT2D eigenvalue weighted by molar-refractivity contribution is 6.42. The number of nitrogens with two attached hydrogens (primary N) is 2. The molecule has 1 aromatic carbocycles. The minimum atomic E-state index is 0.193. The van der Waals surface area contributed by atoms with Crippen LogP contribution in [0.4, 0.5) is 11.8 Å². The number of rotatable bonds is 3. The third-order valence-corrected chi connectivity index (χ3v) is 3.99. The number of aromatic nitrogens is 2. The molecule has 2 rings (SSSR count). The minimum Gasteiger partial charge on any atom is -0.383 e. The molecule has 0 radical (unpaired) electrons. The second-order valence-corrected chi connectivity index (χ2v) is 5.57. The van der Waals surface area contributed by atoms with Crippen LogP contribution in [0.15, 0.2) is 24.3 Å². The molecule has 0 amide bonds. The van der Waals surface area contributed by atoms with Gasteiger partial charge in [-0.15, -0.1) is 0 Å². The number of nitrogens with zero attached hydrogens (tertiary/aromatic N) is 2. The molecule has 0 aliphatic carbocycles. The van der Waals surface area contributed by atoms with Crippen LogP contribution in [-0.2, 0) is 6.42 Å². The zero-order valence-electron chi connectivity index (χ0n) is 11.8. The lowest BCUT2D eigenvalue weighted by Gasteiger charge is -2.08. The van der Waals surface area contributed by atoms with Gasteiger partial charge in [-0.05, 0) is 43.5 Å². The van der Waals surface area contributed by atoms with Crippen molar-refractivity contribution < 1.29 is 0 Å². The maximum atomic E-state index is 6.03. The van der Waals surface area contributed by atoms with Gasteiger partial charge in [-0.2, -0.15) is 4.98 Å². The van der Waals surface area contributed by atoms with E-state index in [4.69, 9.17) is 34.7 Å². The Bertz CT molecular complexity index is 688. The maximum Gasteiger partial charge on any atom is 0.222 e. The number of anilines is 2. The summed E-state index contributed by atoms with van der Waals surface area (Å²) >= 11 is 11.9. The van der Waals surface area contributed by atoms with Crippen molar-refractivity contribution in [2.75, 3.05) is 11.5 Å². The van der Waals surface area contributed by atoms with Gasteiger partial charge >= 0.3 is 0 Å². The average molecular weight is 323 g/mol. The van der Waals surface area contributed by atoms with E-state index in [9.17, 15) is 0 Å². The van der Waals surface area contributed by atoms with Gasteiger partial charge in [0, 0.05) is 11.3 Å². The summed E-state index contributed by atoms with van der Waals surface area (Å²) in [6.45, 7) is 3.87. The van der Waals surface area contributed by atoms with Gasteiger partial charge in [0.1, 0.15) is 5.82 Å². The largest absolute Gasteiger partial charge is 0.383 e. The topological polar surface area (TPSA) is 77.8 Å². The first-order valence-corrected chi connectivity index (χ1v) is 7.14. The molecule has 0 spiro atoms. The van der Waals surface area contributed by atoms with E-state index < -0.39 is 0 Å². The zero-order chi connectivity index (χ0) is 15.6. The summed E-state index contributed by atoms with van der Waals surface area (Å²) in [6, 6.07) is 5.55. The van der Waals surface area contributed by atoms with Gasteiger partial charge < -0.3 is 11.5 Å². The van der Waals surface area contributed by atoms with Crippen LogP contribution in [0.25, 0.3) is 5.57 Å². The summed E-state index contributed by atoms with van der Waals surface area (Å²) < 4.78 is 0. The van der Waals surface area contributed by atoms with Gasteiger partial charge in [0.05, 0.1) is 10.0 Å². The Kier molecular flexibility index (Phi) is 4.70. The maximum absolute atomic E-state index is 6.03. The normalized spacial score (nSPS) is 11.7. The van der Waals surface area contributed by atoms with Gasteiger partial charge in [0.25, 0.3) is 0 Å². The lowest BCUT2D eigenvalue weighted by atomic mass is 10.0. The number of benzene rings is 1. The monoisotopic (exact) mass is 322 g/mol. The molecule has 0 bridgehead atoms.